The molecule has 1 saturated heterocycles. The van der Waals surface area contributed by atoms with Crippen molar-refractivity contribution in [1.82, 2.24) is 10.2 Å². The number of hydrogen-bond acceptors (Lipinski definition) is 4. The Morgan fingerprint density at radius 2 is 2.17 bits per heavy atom. The monoisotopic (exact) mass is 269 g/mol. The number of thioether (sulfide) groups is 1. The van der Waals surface area contributed by atoms with Crippen LogP contribution in [0.15, 0.2) is 4.99 Å². The Bertz CT molecular complexity index is 335. The van der Waals surface area contributed by atoms with Crippen LogP contribution in [0.1, 0.15) is 33.1 Å². The highest BCUT2D eigenvalue weighted by atomic mass is 32.2. The van der Waals surface area contributed by atoms with Gasteiger partial charge in [-0.3, -0.25) is 9.79 Å². The van der Waals surface area contributed by atoms with E-state index in [0.29, 0.717) is 18.4 Å². The quantitative estimate of drug-likeness (QED) is 0.848. The van der Waals surface area contributed by atoms with Gasteiger partial charge in [0.2, 0.25) is 5.91 Å². The molecule has 0 atom stereocenters. The second-order valence-corrected chi connectivity index (χ2v) is 6.80. The van der Waals surface area contributed by atoms with E-state index in [-0.39, 0.29) is 5.91 Å². The smallest absolute Gasteiger partial charge is 0.224 e. The SMILES string of the molecule is CC1(C)CN=C(NCCC(=O)N2CCCC2)SC1. The number of amides is 1. The molecular weight excluding hydrogens is 246 g/mol. The molecule has 0 aromatic carbocycles. The van der Waals surface area contributed by atoms with Crippen LogP contribution in [-0.4, -0.2) is 47.9 Å². The van der Waals surface area contributed by atoms with Gasteiger partial charge in [-0.15, -0.1) is 0 Å². The number of likely N-dealkylation sites (tertiary alicyclic amines) is 1. The molecule has 2 aliphatic heterocycles. The predicted octanol–water partition coefficient (Wildman–Crippen LogP) is 1.72. The van der Waals surface area contributed by atoms with E-state index in [0.717, 1.165) is 43.4 Å². The lowest BCUT2D eigenvalue weighted by atomic mass is 9.97. The van der Waals surface area contributed by atoms with Crippen LogP contribution in [0.25, 0.3) is 0 Å². The van der Waals surface area contributed by atoms with Crippen molar-refractivity contribution in [2.24, 2.45) is 10.4 Å². The van der Waals surface area contributed by atoms with Crippen molar-refractivity contribution >= 4 is 22.8 Å². The molecule has 0 aromatic rings. The second kappa shape index (κ2) is 5.95. The Morgan fingerprint density at radius 1 is 1.44 bits per heavy atom. The molecule has 2 aliphatic rings. The highest BCUT2D eigenvalue weighted by Gasteiger charge is 2.23. The summed E-state index contributed by atoms with van der Waals surface area (Å²) in [6, 6.07) is 0. The standard InChI is InChI=1S/C13H23N3OS/c1-13(2)9-15-12(18-10-13)14-6-5-11(17)16-7-3-4-8-16/h3-10H2,1-2H3,(H,14,15). The van der Waals surface area contributed by atoms with Crippen molar-refractivity contribution in [2.75, 3.05) is 31.9 Å². The minimum atomic E-state index is 0.279. The molecule has 5 heteroatoms. The van der Waals surface area contributed by atoms with Gasteiger partial charge < -0.3 is 10.2 Å². The lowest BCUT2D eigenvalue weighted by Crippen LogP contribution is -2.34. The molecule has 0 saturated carbocycles. The summed E-state index contributed by atoms with van der Waals surface area (Å²) in [6.45, 7) is 7.95. The van der Waals surface area contributed by atoms with Crippen molar-refractivity contribution in [1.29, 1.82) is 0 Å². The Labute approximate surface area is 114 Å². The summed E-state index contributed by atoms with van der Waals surface area (Å²) >= 11 is 1.77. The average molecular weight is 269 g/mol. The van der Waals surface area contributed by atoms with E-state index in [2.05, 4.69) is 24.2 Å². The van der Waals surface area contributed by atoms with Gasteiger partial charge in [-0.05, 0) is 18.3 Å². The summed E-state index contributed by atoms with van der Waals surface area (Å²) < 4.78 is 0. The first kappa shape index (κ1) is 13.7. The van der Waals surface area contributed by atoms with Gasteiger partial charge in [0.25, 0.3) is 0 Å². The Balaban J connectivity index is 1.66. The fraction of sp³-hybridized carbons (Fsp3) is 0.846. The highest BCUT2D eigenvalue weighted by molar-refractivity contribution is 8.13. The molecule has 102 valence electrons. The first-order valence-corrected chi connectivity index (χ1v) is 7.74. The minimum absolute atomic E-state index is 0.279. The van der Waals surface area contributed by atoms with Crippen LogP contribution < -0.4 is 5.32 Å². The van der Waals surface area contributed by atoms with Crippen LogP contribution in [0, 0.1) is 5.41 Å². The molecule has 1 fully saturated rings. The predicted molar refractivity (Wildman–Crippen MR) is 77.0 cm³/mol. The van der Waals surface area contributed by atoms with E-state index < -0.39 is 0 Å². The number of carbonyl (C=O) groups excluding carboxylic acids is 1. The molecule has 2 rings (SSSR count). The van der Waals surface area contributed by atoms with Gasteiger partial charge in [-0.1, -0.05) is 25.6 Å². The Kier molecular flexibility index (Phi) is 4.54. The van der Waals surface area contributed by atoms with Crippen molar-refractivity contribution in [2.45, 2.75) is 33.1 Å². The van der Waals surface area contributed by atoms with Gasteiger partial charge in [0, 0.05) is 38.4 Å². The third kappa shape index (κ3) is 3.90. The summed E-state index contributed by atoms with van der Waals surface area (Å²) in [5, 5.41) is 4.28. The van der Waals surface area contributed by atoms with E-state index in [1.54, 1.807) is 11.8 Å². The Hall–Kier alpha value is -0.710. The summed E-state index contributed by atoms with van der Waals surface area (Å²) in [5.41, 5.74) is 0.307. The molecule has 0 bridgehead atoms. The number of hydrogen-bond donors (Lipinski definition) is 1. The van der Waals surface area contributed by atoms with Crippen LogP contribution in [0.3, 0.4) is 0 Å². The molecule has 4 nitrogen and oxygen atoms in total. The number of carbonyl (C=O) groups is 1. The van der Waals surface area contributed by atoms with Gasteiger partial charge in [-0.2, -0.15) is 0 Å². The number of aliphatic imine (C=N–C) groups is 1. The zero-order valence-electron chi connectivity index (χ0n) is 11.4. The van der Waals surface area contributed by atoms with E-state index in [9.17, 15) is 4.79 Å². The second-order valence-electron chi connectivity index (χ2n) is 5.84. The normalized spacial score (nSPS) is 22.8. The van der Waals surface area contributed by atoms with Gasteiger partial charge in [0.05, 0.1) is 0 Å². The molecule has 0 spiro atoms. The third-order valence-electron chi connectivity index (χ3n) is 3.32. The van der Waals surface area contributed by atoms with Crippen LogP contribution in [0.2, 0.25) is 0 Å². The maximum atomic E-state index is 11.8. The zero-order chi connectivity index (χ0) is 13.0. The number of nitrogens with zero attached hydrogens (tertiary/aromatic N) is 2. The lowest BCUT2D eigenvalue weighted by Gasteiger charge is -2.27. The first-order valence-electron chi connectivity index (χ1n) is 6.76. The van der Waals surface area contributed by atoms with E-state index >= 15 is 0 Å². The van der Waals surface area contributed by atoms with Crippen molar-refractivity contribution in [3.63, 3.8) is 0 Å². The molecule has 0 unspecified atom stereocenters. The fourth-order valence-electron chi connectivity index (χ4n) is 2.15. The van der Waals surface area contributed by atoms with Gasteiger partial charge >= 0.3 is 0 Å². The van der Waals surface area contributed by atoms with Crippen LogP contribution in [0.4, 0.5) is 0 Å². The van der Waals surface area contributed by atoms with Crippen LogP contribution >= 0.6 is 11.8 Å². The molecule has 2 heterocycles. The Morgan fingerprint density at radius 3 is 2.78 bits per heavy atom. The third-order valence-corrected chi connectivity index (χ3v) is 4.80. The van der Waals surface area contributed by atoms with Gasteiger partial charge in [0.1, 0.15) is 0 Å². The molecular formula is C13H23N3OS. The zero-order valence-corrected chi connectivity index (χ0v) is 12.2. The highest BCUT2D eigenvalue weighted by Crippen LogP contribution is 2.26. The number of amidine groups is 1. The lowest BCUT2D eigenvalue weighted by molar-refractivity contribution is -0.129. The molecule has 0 radical (unpaired) electrons. The molecule has 1 N–H and O–H groups in total. The topological polar surface area (TPSA) is 44.7 Å². The average Bonchev–Trinajstić information content (AvgIpc) is 2.85. The van der Waals surface area contributed by atoms with Gasteiger partial charge in [0.15, 0.2) is 5.17 Å². The number of rotatable bonds is 3. The van der Waals surface area contributed by atoms with Crippen molar-refractivity contribution in [3.05, 3.63) is 0 Å². The van der Waals surface area contributed by atoms with E-state index in [4.69, 9.17) is 0 Å². The first-order chi connectivity index (χ1) is 8.57. The molecule has 0 aromatic heterocycles. The van der Waals surface area contributed by atoms with E-state index in [1.807, 2.05) is 4.90 Å². The maximum Gasteiger partial charge on any atom is 0.224 e. The molecule has 18 heavy (non-hydrogen) atoms. The molecule has 1 amide bonds. The summed E-state index contributed by atoms with van der Waals surface area (Å²) in [6.07, 6.45) is 2.91. The summed E-state index contributed by atoms with van der Waals surface area (Å²) in [4.78, 5) is 18.3. The van der Waals surface area contributed by atoms with Crippen molar-refractivity contribution in [3.8, 4) is 0 Å². The largest absolute Gasteiger partial charge is 0.364 e. The summed E-state index contributed by atoms with van der Waals surface area (Å²) in [7, 11) is 0. The van der Waals surface area contributed by atoms with E-state index in [1.165, 1.54) is 0 Å². The summed E-state index contributed by atoms with van der Waals surface area (Å²) in [5.74, 6) is 1.38. The van der Waals surface area contributed by atoms with Crippen LogP contribution in [-0.2, 0) is 4.79 Å². The minimum Gasteiger partial charge on any atom is -0.364 e. The fourth-order valence-corrected chi connectivity index (χ4v) is 3.13. The number of nitrogens with one attached hydrogen (secondary N) is 1. The molecule has 0 aliphatic carbocycles. The van der Waals surface area contributed by atoms with Gasteiger partial charge in [-0.25, -0.2) is 0 Å². The van der Waals surface area contributed by atoms with Crippen molar-refractivity contribution < 1.29 is 4.79 Å². The van der Waals surface area contributed by atoms with Crippen LogP contribution in [0.5, 0.6) is 0 Å². The maximum absolute atomic E-state index is 11.8.